The minimum Gasteiger partial charge on any atom is -0.398 e. The average Bonchev–Trinajstić information content (AvgIpc) is 2.86. The van der Waals surface area contributed by atoms with Gasteiger partial charge in [0.05, 0.1) is 5.52 Å². The quantitative estimate of drug-likeness (QED) is 0.719. The van der Waals surface area contributed by atoms with E-state index in [-0.39, 0.29) is 12.5 Å². The Kier molecular flexibility index (Phi) is 3.27. The molecule has 1 heterocycles. The number of rotatable bonds is 3. The van der Waals surface area contributed by atoms with Gasteiger partial charge in [-0.2, -0.15) is 0 Å². The van der Waals surface area contributed by atoms with Gasteiger partial charge in [-0.05, 0) is 36.8 Å². The molecule has 3 rings (SSSR count). The molecule has 0 saturated carbocycles. The molecule has 0 atom stereocenters. The van der Waals surface area contributed by atoms with Crippen LogP contribution < -0.4 is 11.1 Å². The number of nitrogens with two attached hydrogens (primary N) is 1. The molecule has 0 aliphatic rings. The zero-order valence-corrected chi connectivity index (χ0v) is 11.6. The molecule has 1 amide bonds. The number of hydrogen-bond acceptors (Lipinski definition) is 4. The monoisotopic (exact) mass is 281 g/mol. The molecule has 0 unspecified atom stereocenters. The summed E-state index contributed by atoms with van der Waals surface area (Å²) in [6.45, 7) is 2.02. The number of nitrogens with one attached hydrogen (secondary N) is 1. The molecule has 3 aromatic rings. The number of benzene rings is 2. The van der Waals surface area contributed by atoms with Gasteiger partial charge in [-0.15, -0.1) is 5.10 Å². The lowest BCUT2D eigenvalue weighted by molar-refractivity contribution is -0.116. The highest BCUT2D eigenvalue weighted by Gasteiger charge is 2.09. The molecular formula is C15H15N5O. The Bertz CT molecular complexity index is 809. The summed E-state index contributed by atoms with van der Waals surface area (Å²) in [4.78, 5) is 12.1. The molecule has 0 aliphatic carbocycles. The van der Waals surface area contributed by atoms with Crippen molar-refractivity contribution in [2.75, 3.05) is 11.1 Å². The Morgan fingerprint density at radius 1 is 1.29 bits per heavy atom. The lowest BCUT2D eigenvalue weighted by Crippen LogP contribution is -2.19. The number of carbonyl (C=O) groups is 1. The van der Waals surface area contributed by atoms with E-state index in [0.29, 0.717) is 11.4 Å². The van der Waals surface area contributed by atoms with E-state index in [1.807, 2.05) is 43.3 Å². The Labute approximate surface area is 121 Å². The van der Waals surface area contributed by atoms with E-state index in [4.69, 9.17) is 5.73 Å². The summed E-state index contributed by atoms with van der Waals surface area (Å²) in [6, 6.07) is 13.0. The third-order valence-electron chi connectivity index (χ3n) is 3.28. The zero-order chi connectivity index (χ0) is 14.8. The van der Waals surface area contributed by atoms with Gasteiger partial charge in [-0.1, -0.05) is 23.4 Å². The number of fused-ring (bicyclic) bond motifs is 1. The van der Waals surface area contributed by atoms with E-state index in [0.717, 1.165) is 16.6 Å². The van der Waals surface area contributed by atoms with E-state index in [9.17, 15) is 4.79 Å². The maximum atomic E-state index is 12.1. The molecule has 0 fully saturated rings. The summed E-state index contributed by atoms with van der Waals surface area (Å²) >= 11 is 0. The van der Waals surface area contributed by atoms with Crippen molar-refractivity contribution >= 4 is 28.3 Å². The molecule has 6 nitrogen and oxygen atoms in total. The molecule has 3 N–H and O–H groups in total. The second-order valence-electron chi connectivity index (χ2n) is 4.86. The number of anilines is 2. The second-order valence-corrected chi connectivity index (χ2v) is 4.86. The highest BCUT2D eigenvalue weighted by atomic mass is 16.2. The third kappa shape index (κ3) is 2.69. The lowest BCUT2D eigenvalue weighted by atomic mass is 10.2. The Morgan fingerprint density at radius 3 is 2.90 bits per heavy atom. The van der Waals surface area contributed by atoms with Crippen molar-refractivity contribution in [3.8, 4) is 0 Å². The molecule has 21 heavy (non-hydrogen) atoms. The molecule has 0 saturated heterocycles. The number of amides is 1. The molecule has 2 aromatic carbocycles. The highest BCUT2D eigenvalue weighted by molar-refractivity contribution is 5.92. The van der Waals surface area contributed by atoms with E-state index in [1.54, 1.807) is 10.7 Å². The number of hydrogen-bond donors (Lipinski definition) is 2. The van der Waals surface area contributed by atoms with E-state index in [1.165, 1.54) is 0 Å². The van der Waals surface area contributed by atoms with Gasteiger partial charge in [0, 0.05) is 11.4 Å². The fourth-order valence-corrected chi connectivity index (χ4v) is 2.09. The van der Waals surface area contributed by atoms with Gasteiger partial charge in [-0.3, -0.25) is 4.79 Å². The fourth-order valence-electron chi connectivity index (χ4n) is 2.09. The average molecular weight is 281 g/mol. The van der Waals surface area contributed by atoms with Gasteiger partial charge in [0.25, 0.3) is 0 Å². The molecule has 0 aliphatic heterocycles. The number of aryl methyl sites for hydroxylation is 1. The summed E-state index contributed by atoms with van der Waals surface area (Å²) < 4.78 is 1.57. The Hall–Kier alpha value is -2.89. The van der Waals surface area contributed by atoms with Crippen molar-refractivity contribution in [1.29, 1.82) is 0 Å². The van der Waals surface area contributed by atoms with Crippen molar-refractivity contribution in [2.45, 2.75) is 13.5 Å². The first-order valence-corrected chi connectivity index (χ1v) is 6.58. The van der Waals surface area contributed by atoms with Crippen LogP contribution in [-0.2, 0) is 11.3 Å². The van der Waals surface area contributed by atoms with Gasteiger partial charge in [0.15, 0.2) is 0 Å². The first kappa shape index (κ1) is 13.1. The number of para-hydroxylation sites is 1. The van der Waals surface area contributed by atoms with Gasteiger partial charge in [0.1, 0.15) is 12.1 Å². The van der Waals surface area contributed by atoms with Crippen molar-refractivity contribution in [3.05, 3.63) is 48.0 Å². The minimum atomic E-state index is -0.172. The molecule has 106 valence electrons. The number of nitrogen functional groups attached to an aromatic ring is 1. The summed E-state index contributed by atoms with van der Waals surface area (Å²) in [7, 11) is 0. The maximum Gasteiger partial charge on any atom is 0.246 e. The summed E-state index contributed by atoms with van der Waals surface area (Å²) in [5.41, 5.74) is 9.73. The van der Waals surface area contributed by atoms with Crippen LogP contribution in [-0.4, -0.2) is 20.9 Å². The van der Waals surface area contributed by atoms with Crippen LogP contribution in [0.1, 0.15) is 5.56 Å². The van der Waals surface area contributed by atoms with E-state index in [2.05, 4.69) is 15.6 Å². The van der Waals surface area contributed by atoms with Crippen LogP contribution >= 0.6 is 0 Å². The first-order valence-electron chi connectivity index (χ1n) is 6.58. The summed E-state index contributed by atoms with van der Waals surface area (Å²) in [5.74, 6) is -0.172. The van der Waals surface area contributed by atoms with Crippen LogP contribution in [0.3, 0.4) is 0 Å². The fraction of sp³-hybridized carbons (Fsp3) is 0.133. The second kappa shape index (κ2) is 5.24. The topological polar surface area (TPSA) is 85.8 Å². The van der Waals surface area contributed by atoms with E-state index < -0.39 is 0 Å². The van der Waals surface area contributed by atoms with Crippen LogP contribution in [0.2, 0.25) is 0 Å². The SMILES string of the molecule is Cc1ccc(NC(=O)Cn2nnc3ccccc32)cc1N. The smallest absolute Gasteiger partial charge is 0.246 e. The highest BCUT2D eigenvalue weighted by Crippen LogP contribution is 2.17. The molecule has 0 radical (unpaired) electrons. The predicted molar refractivity (Wildman–Crippen MR) is 81.7 cm³/mol. The van der Waals surface area contributed by atoms with Gasteiger partial charge in [0.2, 0.25) is 5.91 Å². The standard InChI is InChI=1S/C15H15N5O/c1-10-6-7-11(8-12(10)16)17-15(21)9-20-14-5-3-2-4-13(14)18-19-20/h2-8H,9,16H2,1H3,(H,17,21). The lowest BCUT2D eigenvalue weighted by Gasteiger charge is -2.07. The summed E-state index contributed by atoms with van der Waals surface area (Å²) in [5, 5.41) is 10.8. The maximum absolute atomic E-state index is 12.1. The molecule has 1 aromatic heterocycles. The predicted octanol–water partition coefficient (Wildman–Crippen LogP) is 1.96. The number of carbonyl (C=O) groups excluding carboxylic acids is 1. The van der Waals surface area contributed by atoms with E-state index >= 15 is 0 Å². The largest absolute Gasteiger partial charge is 0.398 e. The Morgan fingerprint density at radius 2 is 2.10 bits per heavy atom. The minimum absolute atomic E-state index is 0.105. The Balaban J connectivity index is 1.75. The van der Waals surface area contributed by atoms with Crippen molar-refractivity contribution < 1.29 is 4.79 Å². The molecule has 0 spiro atoms. The van der Waals surface area contributed by atoms with Gasteiger partial charge >= 0.3 is 0 Å². The first-order chi connectivity index (χ1) is 10.1. The van der Waals surface area contributed by atoms with Gasteiger partial charge < -0.3 is 11.1 Å². The number of nitrogens with zero attached hydrogens (tertiary/aromatic N) is 3. The van der Waals surface area contributed by atoms with Crippen LogP contribution in [0.25, 0.3) is 11.0 Å². The van der Waals surface area contributed by atoms with Gasteiger partial charge in [-0.25, -0.2) is 4.68 Å². The summed E-state index contributed by atoms with van der Waals surface area (Å²) in [6.07, 6.45) is 0. The molecular weight excluding hydrogens is 266 g/mol. The number of aromatic nitrogens is 3. The van der Waals surface area contributed by atoms with Crippen molar-refractivity contribution in [3.63, 3.8) is 0 Å². The zero-order valence-electron chi connectivity index (χ0n) is 11.6. The van der Waals surface area contributed by atoms with Crippen LogP contribution in [0, 0.1) is 6.92 Å². The van der Waals surface area contributed by atoms with Crippen molar-refractivity contribution in [2.24, 2.45) is 0 Å². The van der Waals surface area contributed by atoms with Crippen LogP contribution in [0.15, 0.2) is 42.5 Å². The normalized spacial score (nSPS) is 10.7. The molecule has 0 bridgehead atoms. The molecule has 6 heteroatoms. The van der Waals surface area contributed by atoms with Crippen LogP contribution in [0.5, 0.6) is 0 Å². The third-order valence-corrected chi connectivity index (χ3v) is 3.28. The van der Waals surface area contributed by atoms with Crippen molar-refractivity contribution in [1.82, 2.24) is 15.0 Å². The van der Waals surface area contributed by atoms with Crippen LogP contribution in [0.4, 0.5) is 11.4 Å².